The van der Waals surface area contributed by atoms with Gasteiger partial charge in [0, 0.05) is 23.8 Å². The SMILES string of the molecule is Cc1c(-c2ccccc2)cccc1-c1cc2cc(CN3CCCC[C@H]3C(=O)O)ncn2c1. The Bertz CT molecular complexity index is 1260. The van der Waals surface area contributed by atoms with Crippen molar-refractivity contribution in [1.82, 2.24) is 14.3 Å². The van der Waals surface area contributed by atoms with Crippen LogP contribution in [0.4, 0.5) is 0 Å². The van der Waals surface area contributed by atoms with Crippen molar-refractivity contribution in [3.8, 4) is 22.3 Å². The van der Waals surface area contributed by atoms with E-state index in [-0.39, 0.29) is 0 Å². The van der Waals surface area contributed by atoms with Gasteiger partial charge in [-0.05, 0) is 60.7 Å². The zero-order valence-corrected chi connectivity index (χ0v) is 18.2. The highest BCUT2D eigenvalue weighted by molar-refractivity contribution is 5.80. The van der Waals surface area contributed by atoms with Gasteiger partial charge in [0.2, 0.25) is 0 Å². The summed E-state index contributed by atoms with van der Waals surface area (Å²) >= 11 is 0. The van der Waals surface area contributed by atoms with E-state index in [0.29, 0.717) is 13.0 Å². The average Bonchev–Trinajstić information content (AvgIpc) is 3.23. The number of fused-ring (bicyclic) bond motifs is 1. The molecule has 0 spiro atoms. The fraction of sp³-hybridized carbons (Fsp3) is 0.259. The van der Waals surface area contributed by atoms with E-state index < -0.39 is 12.0 Å². The zero-order valence-electron chi connectivity index (χ0n) is 18.2. The van der Waals surface area contributed by atoms with Crippen molar-refractivity contribution in [2.24, 2.45) is 0 Å². The minimum atomic E-state index is -0.732. The quantitative estimate of drug-likeness (QED) is 0.464. The lowest BCUT2D eigenvalue weighted by molar-refractivity contribution is -0.144. The Hall–Kier alpha value is -3.44. The first-order valence-corrected chi connectivity index (χ1v) is 11.2. The first-order valence-electron chi connectivity index (χ1n) is 11.2. The van der Waals surface area contributed by atoms with Crippen LogP contribution in [0.1, 0.15) is 30.5 Å². The third kappa shape index (κ3) is 3.92. The van der Waals surface area contributed by atoms with Crippen molar-refractivity contribution in [3.63, 3.8) is 0 Å². The number of hydrogen-bond acceptors (Lipinski definition) is 3. The summed E-state index contributed by atoms with van der Waals surface area (Å²) in [5.74, 6) is -0.732. The molecule has 162 valence electrons. The van der Waals surface area contributed by atoms with Crippen molar-refractivity contribution >= 4 is 11.5 Å². The van der Waals surface area contributed by atoms with Crippen molar-refractivity contribution < 1.29 is 9.90 Å². The lowest BCUT2D eigenvalue weighted by Gasteiger charge is -2.32. The summed E-state index contributed by atoms with van der Waals surface area (Å²) in [6.45, 7) is 3.55. The van der Waals surface area contributed by atoms with Crippen LogP contribution < -0.4 is 0 Å². The van der Waals surface area contributed by atoms with E-state index in [1.165, 1.54) is 22.3 Å². The third-order valence-electron chi connectivity index (χ3n) is 6.54. The largest absolute Gasteiger partial charge is 0.480 e. The number of carbonyl (C=O) groups is 1. The van der Waals surface area contributed by atoms with Crippen LogP contribution in [0.5, 0.6) is 0 Å². The van der Waals surface area contributed by atoms with Gasteiger partial charge in [0.1, 0.15) is 6.04 Å². The maximum atomic E-state index is 11.6. The van der Waals surface area contributed by atoms with Crippen LogP contribution in [0, 0.1) is 6.92 Å². The Labute approximate surface area is 188 Å². The van der Waals surface area contributed by atoms with Crippen molar-refractivity contribution in [1.29, 1.82) is 0 Å². The maximum Gasteiger partial charge on any atom is 0.320 e. The molecule has 32 heavy (non-hydrogen) atoms. The van der Waals surface area contributed by atoms with Crippen LogP contribution in [0.25, 0.3) is 27.8 Å². The van der Waals surface area contributed by atoms with Gasteiger partial charge in [-0.25, -0.2) is 4.98 Å². The molecule has 0 amide bonds. The van der Waals surface area contributed by atoms with Crippen molar-refractivity contribution in [2.75, 3.05) is 6.54 Å². The number of piperidine rings is 1. The number of hydrogen-bond donors (Lipinski definition) is 1. The molecule has 0 unspecified atom stereocenters. The topological polar surface area (TPSA) is 57.8 Å². The van der Waals surface area contributed by atoms with Crippen molar-refractivity contribution in [2.45, 2.75) is 38.8 Å². The smallest absolute Gasteiger partial charge is 0.320 e. The Kier molecular flexibility index (Phi) is 5.50. The van der Waals surface area contributed by atoms with Crippen LogP contribution in [0.15, 0.2) is 73.2 Å². The zero-order chi connectivity index (χ0) is 22.1. The van der Waals surface area contributed by atoms with Gasteiger partial charge >= 0.3 is 5.97 Å². The predicted molar refractivity (Wildman–Crippen MR) is 126 cm³/mol. The fourth-order valence-electron chi connectivity index (χ4n) is 4.84. The molecule has 0 saturated carbocycles. The molecule has 1 fully saturated rings. The summed E-state index contributed by atoms with van der Waals surface area (Å²) < 4.78 is 2.04. The molecular weight excluding hydrogens is 398 g/mol. The van der Waals surface area contributed by atoms with Crippen LogP contribution in [0.2, 0.25) is 0 Å². The summed E-state index contributed by atoms with van der Waals surface area (Å²) in [4.78, 5) is 18.3. The van der Waals surface area contributed by atoms with Gasteiger partial charge < -0.3 is 9.51 Å². The van der Waals surface area contributed by atoms with Gasteiger partial charge in [0.15, 0.2) is 0 Å². The summed E-state index contributed by atoms with van der Waals surface area (Å²) in [6, 6.07) is 20.8. The summed E-state index contributed by atoms with van der Waals surface area (Å²) in [6.07, 6.45) is 6.68. The Balaban J connectivity index is 1.46. The molecule has 2 aromatic carbocycles. The standard InChI is InChI=1S/C27H27N3O2/c1-19-24(20-8-3-2-4-9-20)10-7-11-25(19)21-14-23-15-22(28-18-30(23)16-21)17-29-13-6-5-12-26(29)27(31)32/h2-4,7-11,14-16,18,26H,5-6,12-13,17H2,1H3,(H,31,32)/t26-/m0/s1. The first kappa shape index (κ1) is 20.5. The molecule has 1 N–H and O–H groups in total. The number of nitrogens with zero attached hydrogens (tertiary/aromatic N) is 3. The molecule has 3 heterocycles. The van der Waals surface area contributed by atoms with Gasteiger partial charge in [-0.1, -0.05) is 55.0 Å². The Morgan fingerprint density at radius 1 is 1.03 bits per heavy atom. The lowest BCUT2D eigenvalue weighted by atomic mass is 9.94. The molecular formula is C27H27N3O2. The number of aromatic nitrogens is 2. The lowest BCUT2D eigenvalue weighted by Crippen LogP contribution is -2.44. The Morgan fingerprint density at radius 2 is 1.81 bits per heavy atom. The van der Waals surface area contributed by atoms with Gasteiger partial charge in [0.25, 0.3) is 0 Å². The maximum absolute atomic E-state index is 11.6. The molecule has 0 radical (unpaired) electrons. The molecule has 1 atom stereocenters. The van der Waals surface area contributed by atoms with E-state index in [1.807, 2.05) is 21.7 Å². The molecule has 5 heteroatoms. The van der Waals surface area contributed by atoms with Gasteiger partial charge in [-0.3, -0.25) is 9.69 Å². The number of likely N-dealkylation sites (tertiary alicyclic amines) is 1. The number of carboxylic acids is 1. The molecule has 4 aromatic rings. The molecule has 0 aliphatic carbocycles. The predicted octanol–water partition coefficient (Wildman–Crippen LogP) is 5.42. The van der Waals surface area contributed by atoms with Crippen LogP contribution in [-0.4, -0.2) is 37.9 Å². The van der Waals surface area contributed by atoms with Crippen LogP contribution in [-0.2, 0) is 11.3 Å². The van der Waals surface area contributed by atoms with Crippen LogP contribution in [0.3, 0.4) is 0 Å². The Morgan fingerprint density at radius 3 is 2.59 bits per heavy atom. The molecule has 1 aliphatic heterocycles. The average molecular weight is 426 g/mol. The second-order valence-electron chi connectivity index (χ2n) is 8.61. The first-order chi connectivity index (χ1) is 15.6. The van der Waals surface area contributed by atoms with Gasteiger partial charge in [-0.2, -0.15) is 0 Å². The second kappa shape index (κ2) is 8.60. The van der Waals surface area contributed by atoms with E-state index in [4.69, 9.17) is 0 Å². The second-order valence-corrected chi connectivity index (χ2v) is 8.61. The minimum Gasteiger partial charge on any atom is -0.480 e. The van der Waals surface area contributed by atoms with E-state index in [1.54, 1.807) is 0 Å². The fourth-order valence-corrected chi connectivity index (χ4v) is 4.84. The minimum absolute atomic E-state index is 0.410. The molecule has 5 rings (SSSR count). The van der Waals surface area contributed by atoms with Gasteiger partial charge in [0.05, 0.1) is 12.0 Å². The number of aliphatic carboxylic acids is 1. The van der Waals surface area contributed by atoms with E-state index >= 15 is 0 Å². The highest BCUT2D eigenvalue weighted by Crippen LogP contribution is 2.33. The summed E-state index contributed by atoms with van der Waals surface area (Å²) in [7, 11) is 0. The number of benzene rings is 2. The van der Waals surface area contributed by atoms with E-state index in [9.17, 15) is 9.90 Å². The number of carboxylic acid groups (broad SMARTS) is 1. The van der Waals surface area contributed by atoms with E-state index in [0.717, 1.165) is 36.2 Å². The van der Waals surface area contributed by atoms with Crippen LogP contribution >= 0.6 is 0 Å². The molecule has 0 bridgehead atoms. The molecule has 5 nitrogen and oxygen atoms in total. The normalized spacial score (nSPS) is 17.0. The summed E-state index contributed by atoms with van der Waals surface area (Å²) in [5.41, 5.74) is 8.04. The molecule has 1 saturated heterocycles. The third-order valence-corrected chi connectivity index (χ3v) is 6.54. The number of rotatable bonds is 5. The van der Waals surface area contributed by atoms with Gasteiger partial charge in [-0.15, -0.1) is 0 Å². The van der Waals surface area contributed by atoms with E-state index in [2.05, 4.69) is 72.7 Å². The molecule has 2 aromatic heterocycles. The summed E-state index contributed by atoms with van der Waals surface area (Å²) in [5, 5.41) is 9.55. The highest BCUT2D eigenvalue weighted by Gasteiger charge is 2.28. The molecule has 1 aliphatic rings. The van der Waals surface area contributed by atoms with Crippen molar-refractivity contribution in [3.05, 3.63) is 84.4 Å². The highest BCUT2D eigenvalue weighted by atomic mass is 16.4. The monoisotopic (exact) mass is 425 g/mol.